The van der Waals surface area contributed by atoms with Crippen LogP contribution in [0.25, 0.3) is 11.0 Å². The summed E-state index contributed by atoms with van der Waals surface area (Å²) in [5.41, 5.74) is 7.89. The summed E-state index contributed by atoms with van der Waals surface area (Å²) in [6.45, 7) is 7.47. The number of likely N-dealkylation sites (tertiary alicyclic amines) is 1. The SMILES string of the molecule is CCCN1CCC(c2nc3c(C(N)=O)cccc3n2CCN(C)C)CC1. The lowest BCUT2D eigenvalue weighted by Crippen LogP contribution is -2.34. The molecule has 26 heavy (non-hydrogen) atoms. The second-order valence-electron chi connectivity index (χ2n) is 7.58. The van der Waals surface area contributed by atoms with Gasteiger partial charge in [-0.25, -0.2) is 4.98 Å². The zero-order valence-corrected chi connectivity index (χ0v) is 16.2. The molecule has 0 saturated carbocycles. The molecule has 6 nitrogen and oxygen atoms in total. The first-order valence-corrected chi connectivity index (χ1v) is 9.67. The van der Waals surface area contributed by atoms with Gasteiger partial charge >= 0.3 is 0 Å². The molecule has 3 rings (SSSR count). The van der Waals surface area contributed by atoms with Crippen molar-refractivity contribution in [1.82, 2.24) is 19.4 Å². The number of hydrogen-bond acceptors (Lipinski definition) is 4. The Morgan fingerprint density at radius 3 is 2.62 bits per heavy atom. The van der Waals surface area contributed by atoms with Crippen molar-refractivity contribution in [2.75, 3.05) is 40.3 Å². The molecule has 0 atom stereocenters. The largest absolute Gasteiger partial charge is 0.366 e. The zero-order valence-electron chi connectivity index (χ0n) is 16.2. The molecule has 1 amide bonds. The number of rotatable bonds is 7. The molecule has 0 radical (unpaired) electrons. The molecule has 1 aromatic carbocycles. The average molecular weight is 358 g/mol. The van der Waals surface area contributed by atoms with Gasteiger partial charge in [-0.3, -0.25) is 4.79 Å². The van der Waals surface area contributed by atoms with Gasteiger partial charge in [0.15, 0.2) is 0 Å². The normalized spacial score (nSPS) is 16.6. The highest BCUT2D eigenvalue weighted by Crippen LogP contribution is 2.31. The summed E-state index contributed by atoms with van der Waals surface area (Å²) in [7, 11) is 4.16. The Morgan fingerprint density at radius 1 is 1.27 bits per heavy atom. The minimum atomic E-state index is -0.405. The number of carbonyl (C=O) groups excluding carboxylic acids is 1. The molecule has 142 valence electrons. The maximum atomic E-state index is 11.9. The molecule has 1 saturated heterocycles. The number of imidazole rings is 1. The monoisotopic (exact) mass is 357 g/mol. The summed E-state index contributed by atoms with van der Waals surface area (Å²) in [5, 5.41) is 0. The second kappa shape index (κ2) is 8.18. The van der Waals surface area contributed by atoms with Crippen LogP contribution in [0.1, 0.15) is 48.3 Å². The number of likely N-dealkylation sites (N-methyl/N-ethyl adjacent to an activating group) is 1. The van der Waals surface area contributed by atoms with E-state index >= 15 is 0 Å². The third-order valence-electron chi connectivity index (χ3n) is 5.34. The number of para-hydroxylation sites is 1. The fourth-order valence-corrected chi connectivity index (χ4v) is 3.94. The minimum absolute atomic E-state index is 0.405. The van der Waals surface area contributed by atoms with Gasteiger partial charge in [0, 0.05) is 19.0 Å². The number of nitrogens with two attached hydrogens (primary N) is 1. The van der Waals surface area contributed by atoms with Gasteiger partial charge in [0.05, 0.1) is 11.1 Å². The van der Waals surface area contributed by atoms with E-state index in [-0.39, 0.29) is 0 Å². The number of aromatic nitrogens is 2. The van der Waals surface area contributed by atoms with Crippen molar-refractivity contribution in [1.29, 1.82) is 0 Å². The van der Waals surface area contributed by atoms with Crippen LogP contribution in [0.2, 0.25) is 0 Å². The van der Waals surface area contributed by atoms with E-state index in [4.69, 9.17) is 10.7 Å². The smallest absolute Gasteiger partial charge is 0.250 e. The zero-order chi connectivity index (χ0) is 18.7. The highest BCUT2D eigenvalue weighted by molar-refractivity contribution is 6.04. The molecule has 1 aliphatic heterocycles. The number of hydrogen-bond donors (Lipinski definition) is 1. The summed E-state index contributed by atoms with van der Waals surface area (Å²) in [4.78, 5) is 21.5. The van der Waals surface area contributed by atoms with E-state index in [1.54, 1.807) is 6.07 Å². The van der Waals surface area contributed by atoms with Gasteiger partial charge in [0.1, 0.15) is 11.3 Å². The molecular formula is C20H31N5O. The van der Waals surface area contributed by atoms with Gasteiger partial charge in [0.25, 0.3) is 5.91 Å². The van der Waals surface area contributed by atoms with Crippen LogP contribution in [0, 0.1) is 0 Å². The van der Waals surface area contributed by atoms with E-state index in [0.29, 0.717) is 11.5 Å². The first kappa shape index (κ1) is 18.9. The highest BCUT2D eigenvalue weighted by atomic mass is 16.1. The van der Waals surface area contributed by atoms with E-state index in [1.807, 2.05) is 6.07 Å². The lowest BCUT2D eigenvalue weighted by molar-refractivity contribution is 0.100. The molecule has 2 N–H and O–H groups in total. The Morgan fingerprint density at radius 2 is 2.00 bits per heavy atom. The van der Waals surface area contributed by atoms with Crippen molar-refractivity contribution in [2.24, 2.45) is 5.73 Å². The van der Waals surface area contributed by atoms with Crippen LogP contribution >= 0.6 is 0 Å². The summed E-state index contributed by atoms with van der Waals surface area (Å²) in [6.07, 6.45) is 3.45. The van der Waals surface area contributed by atoms with Gasteiger partial charge in [0.2, 0.25) is 0 Å². The topological polar surface area (TPSA) is 67.4 Å². The lowest BCUT2D eigenvalue weighted by Gasteiger charge is -2.31. The van der Waals surface area contributed by atoms with Crippen LogP contribution in [0.15, 0.2) is 18.2 Å². The number of carbonyl (C=O) groups is 1. The van der Waals surface area contributed by atoms with E-state index in [2.05, 4.69) is 41.5 Å². The third kappa shape index (κ3) is 3.91. The van der Waals surface area contributed by atoms with Gasteiger partial charge in [-0.05, 0) is 65.1 Å². The predicted octanol–water partition coefficient (Wildman–Crippen LogP) is 2.29. The number of nitrogens with zero attached hydrogens (tertiary/aromatic N) is 4. The molecule has 1 aliphatic rings. The molecule has 2 heterocycles. The van der Waals surface area contributed by atoms with Crippen LogP contribution in [0.3, 0.4) is 0 Å². The van der Waals surface area contributed by atoms with Crippen molar-refractivity contribution in [2.45, 2.75) is 38.6 Å². The van der Waals surface area contributed by atoms with E-state index in [9.17, 15) is 4.79 Å². The Hall–Kier alpha value is -1.92. The molecule has 0 spiro atoms. The average Bonchev–Trinajstić information content (AvgIpc) is 2.99. The summed E-state index contributed by atoms with van der Waals surface area (Å²) >= 11 is 0. The number of fused-ring (bicyclic) bond motifs is 1. The van der Waals surface area contributed by atoms with Crippen molar-refractivity contribution in [3.63, 3.8) is 0 Å². The standard InChI is InChI=1S/C20H31N5O/c1-4-10-24-11-8-15(9-12-24)20-22-18-16(19(21)26)6-5-7-17(18)25(20)14-13-23(2)3/h5-7,15H,4,8-14H2,1-3H3,(H2,21,26). The summed E-state index contributed by atoms with van der Waals surface area (Å²) < 4.78 is 2.31. The first-order chi connectivity index (χ1) is 12.5. The molecule has 0 aliphatic carbocycles. The van der Waals surface area contributed by atoms with Crippen molar-refractivity contribution in [3.05, 3.63) is 29.6 Å². The Balaban J connectivity index is 1.96. The van der Waals surface area contributed by atoms with Crippen molar-refractivity contribution in [3.8, 4) is 0 Å². The van der Waals surface area contributed by atoms with Crippen molar-refractivity contribution >= 4 is 16.9 Å². The number of piperidine rings is 1. The molecule has 2 aromatic rings. The van der Waals surface area contributed by atoms with Crippen LogP contribution in [0.4, 0.5) is 0 Å². The Labute approximate surface area is 156 Å². The molecular weight excluding hydrogens is 326 g/mol. The van der Waals surface area contributed by atoms with Crippen molar-refractivity contribution < 1.29 is 4.79 Å². The molecule has 1 fully saturated rings. The first-order valence-electron chi connectivity index (χ1n) is 9.67. The summed E-state index contributed by atoms with van der Waals surface area (Å²) in [6, 6.07) is 5.74. The minimum Gasteiger partial charge on any atom is -0.366 e. The van der Waals surface area contributed by atoms with E-state index in [0.717, 1.165) is 55.9 Å². The second-order valence-corrected chi connectivity index (χ2v) is 7.58. The van der Waals surface area contributed by atoms with Gasteiger partial charge in [-0.1, -0.05) is 13.0 Å². The van der Waals surface area contributed by atoms with Crippen LogP contribution in [-0.2, 0) is 6.54 Å². The fraction of sp³-hybridized carbons (Fsp3) is 0.600. The van der Waals surface area contributed by atoms with Gasteiger partial charge in [-0.15, -0.1) is 0 Å². The number of amides is 1. The third-order valence-corrected chi connectivity index (χ3v) is 5.34. The fourth-order valence-electron chi connectivity index (χ4n) is 3.94. The van der Waals surface area contributed by atoms with Crippen LogP contribution in [0.5, 0.6) is 0 Å². The Kier molecular flexibility index (Phi) is 5.94. The Bertz CT molecular complexity index is 759. The molecule has 0 bridgehead atoms. The molecule has 0 unspecified atom stereocenters. The van der Waals surface area contributed by atoms with Crippen LogP contribution < -0.4 is 5.73 Å². The van der Waals surface area contributed by atoms with Gasteiger partial charge in [-0.2, -0.15) is 0 Å². The van der Waals surface area contributed by atoms with Crippen LogP contribution in [-0.4, -0.2) is 65.5 Å². The molecule has 1 aromatic heterocycles. The van der Waals surface area contributed by atoms with Gasteiger partial charge < -0.3 is 20.1 Å². The predicted molar refractivity (Wildman–Crippen MR) is 106 cm³/mol. The maximum Gasteiger partial charge on any atom is 0.250 e. The van der Waals surface area contributed by atoms with E-state index in [1.165, 1.54) is 13.0 Å². The lowest BCUT2D eigenvalue weighted by atomic mass is 9.95. The summed E-state index contributed by atoms with van der Waals surface area (Å²) in [5.74, 6) is 1.15. The molecule has 6 heteroatoms. The highest BCUT2D eigenvalue weighted by Gasteiger charge is 2.26. The number of primary amides is 1. The quantitative estimate of drug-likeness (QED) is 0.825. The number of benzene rings is 1. The maximum absolute atomic E-state index is 11.9. The van der Waals surface area contributed by atoms with E-state index < -0.39 is 5.91 Å².